The molecule has 3 nitrogen and oxygen atoms in total. The van der Waals surface area contributed by atoms with E-state index in [4.69, 9.17) is 0 Å². The molecule has 0 radical (unpaired) electrons. The quantitative estimate of drug-likeness (QED) is 0.718. The van der Waals surface area contributed by atoms with Crippen molar-refractivity contribution in [3.8, 4) is 0 Å². The summed E-state index contributed by atoms with van der Waals surface area (Å²) in [5.41, 5.74) is 0.392. The summed E-state index contributed by atoms with van der Waals surface area (Å²) in [7, 11) is 1.98. The van der Waals surface area contributed by atoms with Crippen LogP contribution in [0, 0.1) is 11.3 Å². The van der Waals surface area contributed by atoms with E-state index >= 15 is 0 Å². The molecule has 0 saturated heterocycles. The molecule has 0 aliphatic heterocycles. The highest BCUT2D eigenvalue weighted by atomic mass is 16.1. The Labute approximate surface area is 92.0 Å². The summed E-state index contributed by atoms with van der Waals surface area (Å²) in [5.74, 6) is 0.616. The van der Waals surface area contributed by atoms with Crippen molar-refractivity contribution in [1.82, 2.24) is 10.6 Å². The zero-order valence-corrected chi connectivity index (χ0v) is 9.64. The predicted molar refractivity (Wildman–Crippen MR) is 60.6 cm³/mol. The van der Waals surface area contributed by atoms with Crippen LogP contribution in [0.25, 0.3) is 0 Å². The number of nitrogens with one attached hydrogen (secondary N) is 2. The van der Waals surface area contributed by atoms with Gasteiger partial charge in [0, 0.05) is 24.4 Å². The highest BCUT2D eigenvalue weighted by Gasteiger charge is 2.42. The van der Waals surface area contributed by atoms with Crippen molar-refractivity contribution in [1.29, 1.82) is 0 Å². The molecule has 0 unspecified atom stereocenters. The number of carbonyl (C=O) groups excluding carboxylic acids is 1. The Morgan fingerprint density at radius 2 is 1.93 bits per heavy atom. The van der Waals surface area contributed by atoms with Gasteiger partial charge in [-0.05, 0) is 32.7 Å². The van der Waals surface area contributed by atoms with Gasteiger partial charge in [-0.15, -0.1) is 0 Å². The fourth-order valence-electron chi connectivity index (χ4n) is 2.57. The SMILES string of the molecule is CNCC1(CNC(=O)C2CCCC2)CC1. The minimum absolute atomic E-state index is 0.301. The zero-order chi connectivity index (χ0) is 10.7. The lowest BCUT2D eigenvalue weighted by atomic mass is 10.1. The van der Waals surface area contributed by atoms with Crippen LogP contribution in [0.4, 0.5) is 0 Å². The molecular weight excluding hydrogens is 188 g/mol. The monoisotopic (exact) mass is 210 g/mol. The lowest BCUT2D eigenvalue weighted by molar-refractivity contribution is -0.125. The molecule has 0 spiro atoms. The van der Waals surface area contributed by atoms with Gasteiger partial charge in [0.2, 0.25) is 5.91 Å². The molecule has 0 atom stereocenters. The van der Waals surface area contributed by atoms with Crippen LogP contribution in [0.5, 0.6) is 0 Å². The Morgan fingerprint density at radius 3 is 2.47 bits per heavy atom. The van der Waals surface area contributed by atoms with E-state index in [1.54, 1.807) is 0 Å². The molecule has 2 aliphatic rings. The standard InChI is InChI=1S/C12H22N2O/c1-13-8-12(6-7-12)9-14-11(15)10-4-2-3-5-10/h10,13H,2-9H2,1H3,(H,14,15). The van der Waals surface area contributed by atoms with Crippen LogP contribution in [-0.2, 0) is 4.79 Å². The first-order valence-corrected chi connectivity index (χ1v) is 6.18. The fourth-order valence-corrected chi connectivity index (χ4v) is 2.57. The molecule has 3 heteroatoms. The van der Waals surface area contributed by atoms with Crippen molar-refractivity contribution in [2.75, 3.05) is 20.1 Å². The lowest BCUT2D eigenvalue weighted by Gasteiger charge is -2.17. The Bertz CT molecular complexity index is 230. The number of amides is 1. The summed E-state index contributed by atoms with van der Waals surface area (Å²) < 4.78 is 0. The summed E-state index contributed by atoms with van der Waals surface area (Å²) in [6.07, 6.45) is 7.20. The third-order valence-corrected chi connectivity index (χ3v) is 3.87. The molecular formula is C12H22N2O. The van der Waals surface area contributed by atoms with Crippen LogP contribution in [-0.4, -0.2) is 26.0 Å². The first-order chi connectivity index (χ1) is 7.26. The second kappa shape index (κ2) is 4.52. The Balaban J connectivity index is 1.70. The number of hydrogen-bond acceptors (Lipinski definition) is 2. The van der Waals surface area contributed by atoms with Crippen molar-refractivity contribution in [2.45, 2.75) is 38.5 Å². The first-order valence-electron chi connectivity index (χ1n) is 6.18. The van der Waals surface area contributed by atoms with Crippen LogP contribution in [0.2, 0.25) is 0 Å². The van der Waals surface area contributed by atoms with E-state index in [0.29, 0.717) is 17.2 Å². The van der Waals surface area contributed by atoms with Crippen molar-refractivity contribution in [3.63, 3.8) is 0 Å². The maximum atomic E-state index is 11.8. The van der Waals surface area contributed by atoms with Gasteiger partial charge in [-0.25, -0.2) is 0 Å². The van der Waals surface area contributed by atoms with E-state index in [1.807, 2.05) is 7.05 Å². The summed E-state index contributed by atoms with van der Waals surface area (Å²) in [5, 5.41) is 6.35. The van der Waals surface area contributed by atoms with Crippen LogP contribution in [0.15, 0.2) is 0 Å². The van der Waals surface area contributed by atoms with E-state index in [9.17, 15) is 4.79 Å². The largest absolute Gasteiger partial charge is 0.355 e. The summed E-state index contributed by atoms with van der Waals surface area (Å²) in [6.45, 7) is 1.92. The normalized spacial score (nSPS) is 24.1. The molecule has 15 heavy (non-hydrogen) atoms. The van der Waals surface area contributed by atoms with Crippen molar-refractivity contribution in [3.05, 3.63) is 0 Å². The maximum Gasteiger partial charge on any atom is 0.223 e. The molecule has 2 aliphatic carbocycles. The second-order valence-electron chi connectivity index (χ2n) is 5.23. The highest BCUT2D eigenvalue weighted by Crippen LogP contribution is 2.44. The molecule has 2 rings (SSSR count). The average Bonchev–Trinajstić information content (AvgIpc) is 2.81. The maximum absolute atomic E-state index is 11.8. The average molecular weight is 210 g/mol. The molecule has 0 heterocycles. The summed E-state index contributed by atoms with van der Waals surface area (Å²) >= 11 is 0. The molecule has 0 aromatic carbocycles. The van der Waals surface area contributed by atoms with Crippen LogP contribution < -0.4 is 10.6 Å². The van der Waals surface area contributed by atoms with Crippen molar-refractivity contribution >= 4 is 5.91 Å². The third kappa shape index (κ3) is 2.71. The summed E-state index contributed by atoms with van der Waals surface area (Å²) in [4.78, 5) is 11.8. The van der Waals surface area contributed by atoms with Gasteiger partial charge in [-0.2, -0.15) is 0 Å². The minimum Gasteiger partial charge on any atom is -0.355 e. The first kappa shape index (κ1) is 10.9. The van der Waals surface area contributed by atoms with Crippen molar-refractivity contribution in [2.24, 2.45) is 11.3 Å². The molecule has 2 saturated carbocycles. The van der Waals surface area contributed by atoms with Crippen LogP contribution >= 0.6 is 0 Å². The molecule has 2 fully saturated rings. The number of hydrogen-bond donors (Lipinski definition) is 2. The predicted octanol–water partition coefficient (Wildman–Crippen LogP) is 1.29. The smallest absolute Gasteiger partial charge is 0.223 e. The van der Waals surface area contributed by atoms with E-state index < -0.39 is 0 Å². The number of carbonyl (C=O) groups is 1. The summed E-state index contributed by atoms with van der Waals surface area (Å²) in [6, 6.07) is 0. The van der Waals surface area contributed by atoms with Gasteiger partial charge < -0.3 is 10.6 Å². The second-order valence-corrected chi connectivity index (χ2v) is 5.23. The van der Waals surface area contributed by atoms with Gasteiger partial charge in [0.1, 0.15) is 0 Å². The molecule has 86 valence electrons. The van der Waals surface area contributed by atoms with Crippen molar-refractivity contribution < 1.29 is 4.79 Å². The Hall–Kier alpha value is -0.570. The van der Waals surface area contributed by atoms with Gasteiger partial charge in [-0.1, -0.05) is 12.8 Å². The van der Waals surface area contributed by atoms with E-state index in [0.717, 1.165) is 25.9 Å². The number of rotatable bonds is 5. The minimum atomic E-state index is 0.301. The Kier molecular flexibility index (Phi) is 3.29. The third-order valence-electron chi connectivity index (χ3n) is 3.87. The topological polar surface area (TPSA) is 41.1 Å². The highest BCUT2D eigenvalue weighted by molar-refractivity contribution is 5.78. The fraction of sp³-hybridized carbons (Fsp3) is 0.917. The van der Waals surface area contributed by atoms with Gasteiger partial charge in [0.15, 0.2) is 0 Å². The lowest BCUT2D eigenvalue weighted by Crippen LogP contribution is -2.37. The van der Waals surface area contributed by atoms with Crippen LogP contribution in [0.3, 0.4) is 0 Å². The van der Waals surface area contributed by atoms with E-state index in [1.165, 1.54) is 25.7 Å². The van der Waals surface area contributed by atoms with Gasteiger partial charge in [-0.3, -0.25) is 4.79 Å². The van der Waals surface area contributed by atoms with E-state index in [-0.39, 0.29) is 0 Å². The zero-order valence-electron chi connectivity index (χ0n) is 9.64. The molecule has 0 aromatic heterocycles. The molecule has 2 N–H and O–H groups in total. The van der Waals surface area contributed by atoms with Crippen LogP contribution in [0.1, 0.15) is 38.5 Å². The molecule has 1 amide bonds. The molecule has 0 bridgehead atoms. The Morgan fingerprint density at radius 1 is 1.27 bits per heavy atom. The van der Waals surface area contributed by atoms with Gasteiger partial charge in [0.25, 0.3) is 0 Å². The van der Waals surface area contributed by atoms with Gasteiger partial charge >= 0.3 is 0 Å². The van der Waals surface area contributed by atoms with Gasteiger partial charge in [0.05, 0.1) is 0 Å². The molecule has 0 aromatic rings. The van der Waals surface area contributed by atoms with E-state index in [2.05, 4.69) is 10.6 Å².